The van der Waals surface area contributed by atoms with Gasteiger partial charge in [0.2, 0.25) is 0 Å². The van der Waals surface area contributed by atoms with Crippen LogP contribution in [0.4, 0.5) is 5.69 Å². The SMILES string of the molecule is O=C(NC(=S)Nc1ccc(Cl)cc1)c1ccccc1. The molecule has 2 aromatic rings. The summed E-state index contributed by atoms with van der Waals surface area (Å²) in [6.45, 7) is 0. The summed E-state index contributed by atoms with van der Waals surface area (Å²) in [4.78, 5) is 11.8. The van der Waals surface area contributed by atoms with E-state index in [0.29, 0.717) is 10.6 Å². The maximum absolute atomic E-state index is 11.8. The van der Waals surface area contributed by atoms with Gasteiger partial charge in [0, 0.05) is 16.3 Å². The number of amides is 1. The molecule has 2 rings (SSSR count). The van der Waals surface area contributed by atoms with Gasteiger partial charge < -0.3 is 5.32 Å². The third kappa shape index (κ3) is 4.05. The van der Waals surface area contributed by atoms with E-state index in [1.807, 2.05) is 6.07 Å². The second-order valence-electron chi connectivity index (χ2n) is 3.78. The molecular formula is C14H11ClN2OS. The molecule has 0 aliphatic carbocycles. The van der Waals surface area contributed by atoms with E-state index in [2.05, 4.69) is 10.6 Å². The number of carbonyl (C=O) groups is 1. The second-order valence-corrected chi connectivity index (χ2v) is 4.63. The lowest BCUT2D eigenvalue weighted by atomic mass is 10.2. The standard InChI is InChI=1S/C14H11ClN2OS/c15-11-6-8-12(9-7-11)16-14(19)17-13(18)10-4-2-1-3-5-10/h1-9H,(H2,16,17,18,19). The van der Waals surface area contributed by atoms with Crippen molar-refractivity contribution >= 4 is 40.5 Å². The zero-order valence-electron chi connectivity index (χ0n) is 9.89. The Balaban J connectivity index is 1.95. The first kappa shape index (κ1) is 13.5. The zero-order chi connectivity index (χ0) is 13.7. The molecule has 3 nitrogen and oxygen atoms in total. The highest BCUT2D eigenvalue weighted by atomic mass is 35.5. The van der Waals surface area contributed by atoms with Crippen molar-refractivity contribution in [2.45, 2.75) is 0 Å². The molecule has 0 saturated heterocycles. The Morgan fingerprint density at radius 1 is 1.00 bits per heavy atom. The monoisotopic (exact) mass is 290 g/mol. The van der Waals surface area contributed by atoms with Crippen molar-refractivity contribution in [3.05, 3.63) is 65.2 Å². The van der Waals surface area contributed by atoms with E-state index in [0.717, 1.165) is 5.69 Å². The van der Waals surface area contributed by atoms with E-state index in [9.17, 15) is 4.79 Å². The molecule has 0 saturated carbocycles. The number of thiocarbonyl (C=S) groups is 1. The zero-order valence-corrected chi connectivity index (χ0v) is 11.5. The third-order valence-corrected chi connectivity index (χ3v) is 2.82. The molecule has 0 bridgehead atoms. The molecule has 2 N–H and O–H groups in total. The van der Waals surface area contributed by atoms with Gasteiger partial charge in [0.05, 0.1) is 0 Å². The highest BCUT2D eigenvalue weighted by molar-refractivity contribution is 7.80. The Bertz CT molecular complexity index is 584. The molecule has 96 valence electrons. The molecule has 5 heteroatoms. The summed E-state index contributed by atoms with van der Waals surface area (Å²) in [5, 5.41) is 6.41. The lowest BCUT2D eigenvalue weighted by Gasteiger charge is -2.09. The summed E-state index contributed by atoms with van der Waals surface area (Å²) >= 11 is 10.9. The van der Waals surface area contributed by atoms with Gasteiger partial charge in [-0.05, 0) is 48.6 Å². The molecule has 0 unspecified atom stereocenters. The lowest BCUT2D eigenvalue weighted by molar-refractivity contribution is 0.0978. The van der Waals surface area contributed by atoms with Gasteiger partial charge in [-0.2, -0.15) is 0 Å². The molecule has 0 spiro atoms. The van der Waals surface area contributed by atoms with Crippen molar-refractivity contribution in [3.63, 3.8) is 0 Å². The summed E-state index contributed by atoms with van der Waals surface area (Å²) in [5.41, 5.74) is 1.32. The Labute approximate surface area is 121 Å². The maximum atomic E-state index is 11.8. The highest BCUT2D eigenvalue weighted by Gasteiger charge is 2.06. The van der Waals surface area contributed by atoms with Gasteiger partial charge >= 0.3 is 0 Å². The minimum Gasteiger partial charge on any atom is -0.332 e. The van der Waals surface area contributed by atoms with Crippen molar-refractivity contribution in [2.24, 2.45) is 0 Å². The molecule has 0 aromatic heterocycles. The predicted octanol–water partition coefficient (Wildman–Crippen LogP) is 3.47. The molecule has 0 heterocycles. The van der Waals surface area contributed by atoms with E-state index in [1.165, 1.54) is 0 Å². The summed E-state index contributed by atoms with van der Waals surface area (Å²) < 4.78 is 0. The Morgan fingerprint density at radius 3 is 2.26 bits per heavy atom. The average molecular weight is 291 g/mol. The van der Waals surface area contributed by atoms with Crippen LogP contribution >= 0.6 is 23.8 Å². The number of anilines is 1. The van der Waals surface area contributed by atoms with Crippen LogP contribution in [-0.4, -0.2) is 11.0 Å². The van der Waals surface area contributed by atoms with Crippen LogP contribution < -0.4 is 10.6 Å². The normalized spacial score (nSPS) is 9.74. The smallest absolute Gasteiger partial charge is 0.257 e. The molecule has 0 aliphatic heterocycles. The Hall–Kier alpha value is -1.91. The fraction of sp³-hybridized carbons (Fsp3) is 0. The number of hydrogen-bond acceptors (Lipinski definition) is 2. The van der Waals surface area contributed by atoms with Crippen LogP contribution in [0.2, 0.25) is 5.02 Å². The van der Waals surface area contributed by atoms with Crippen LogP contribution in [0.15, 0.2) is 54.6 Å². The van der Waals surface area contributed by atoms with E-state index in [4.69, 9.17) is 23.8 Å². The van der Waals surface area contributed by atoms with Gasteiger partial charge in [-0.15, -0.1) is 0 Å². The second kappa shape index (κ2) is 6.31. The van der Waals surface area contributed by atoms with Crippen LogP contribution in [0.25, 0.3) is 0 Å². The summed E-state index contributed by atoms with van der Waals surface area (Å²) in [5.74, 6) is -0.243. The minimum atomic E-state index is -0.243. The van der Waals surface area contributed by atoms with Gasteiger partial charge in [-0.1, -0.05) is 29.8 Å². The van der Waals surface area contributed by atoms with Crippen molar-refractivity contribution in [2.75, 3.05) is 5.32 Å². The van der Waals surface area contributed by atoms with E-state index >= 15 is 0 Å². The third-order valence-electron chi connectivity index (χ3n) is 2.37. The summed E-state index contributed by atoms with van der Waals surface area (Å²) in [7, 11) is 0. The molecule has 0 fully saturated rings. The van der Waals surface area contributed by atoms with Crippen molar-refractivity contribution in [3.8, 4) is 0 Å². The van der Waals surface area contributed by atoms with Crippen LogP contribution in [0, 0.1) is 0 Å². The first-order valence-electron chi connectivity index (χ1n) is 5.58. The van der Waals surface area contributed by atoms with Gasteiger partial charge in [0.1, 0.15) is 0 Å². The van der Waals surface area contributed by atoms with Gasteiger partial charge in [0.25, 0.3) is 5.91 Å². The van der Waals surface area contributed by atoms with Crippen LogP contribution in [-0.2, 0) is 0 Å². The first-order chi connectivity index (χ1) is 9.15. The minimum absolute atomic E-state index is 0.243. The Kier molecular flexibility index (Phi) is 4.49. The number of carbonyl (C=O) groups excluding carboxylic acids is 1. The number of hydrogen-bond donors (Lipinski definition) is 2. The van der Waals surface area contributed by atoms with Gasteiger partial charge in [-0.3, -0.25) is 10.1 Å². The van der Waals surface area contributed by atoms with E-state index in [1.54, 1.807) is 48.5 Å². The molecule has 19 heavy (non-hydrogen) atoms. The molecular weight excluding hydrogens is 280 g/mol. The van der Waals surface area contributed by atoms with Gasteiger partial charge in [0.15, 0.2) is 5.11 Å². The fourth-order valence-corrected chi connectivity index (χ4v) is 1.80. The number of nitrogens with one attached hydrogen (secondary N) is 2. The maximum Gasteiger partial charge on any atom is 0.257 e. The number of benzene rings is 2. The number of halogens is 1. The molecule has 2 aromatic carbocycles. The molecule has 1 amide bonds. The average Bonchev–Trinajstić information content (AvgIpc) is 2.42. The molecule has 0 atom stereocenters. The van der Waals surface area contributed by atoms with Crippen LogP contribution in [0.1, 0.15) is 10.4 Å². The number of rotatable bonds is 2. The van der Waals surface area contributed by atoms with Crippen molar-refractivity contribution in [1.29, 1.82) is 0 Å². The van der Waals surface area contributed by atoms with E-state index in [-0.39, 0.29) is 11.0 Å². The molecule has 0 aliphatic rings. The fourth-order valence-electron chi connectivity index (χ4n) is 1.46. The molecule has 0 radical (unpaired) electrons. The van der Waals surface area contributed by atoms with E-state index < -0.39 is 0 Å². The first-order valence-corrected chi connectivity index (χ1v) is 6.37. The van der Waals surface area contributed by atoms with Crippen LogP contribution in [0.5, 0.6) is 0 Å². The summed E-state index contributed by atoms with van der Waals surface area (Å²) in [6, 6.07) is 15.9. The Morgan fingerprint density at radius 2 is 1.63 bits per heavy atom. The summed E-state index contributed by atoms with van der Waals surface area (Å²) in [6.07, 6.45) is 0. The highest BCUT2D eigenvalue weighted by Crippen LogP contribution is 2.13. The quantitative estimate of drug-likeness (QED) is 0.832. The largest absolute Gasteiger partial charge is 0.332 e. The van der Waals surface area contributed by atoms with Crippen molar-refractivity contribution < 1.29 is 4.79 Å². The van der Waals surface area contributed by atoms with Crippen molar-refractivity contribution in [1.82, 2.24) is 5.32 Å². The predicted molar refractivity (Wildman–Crippen MR) is 81.6 cm³/mol. The van der Waals surface area contributed by atoms with Crippen LogP contribution in [0.3, 0.4) is 0 Å². The van der Waals surface area contributed by atoms with Gasteiger partial charge in [-0.25, -0.2) is 0 Å². The topological polar surface area (TPSA) is 41.1 Å². The lowest BCUT2D eigenvalue weighted by Crippen LogP contribution is -2.34.